The quantitative estimate of drug-likeness (QED) is 0.784. The highest BCUT2D eigenvalue weighted by Crippen LogP contribution is 2.26. The zero-order valence-electron chi connectivity index (χ0n) is 8.41. The van der Waals surface area contributed by atoms with E-state index in [0.717, 1.165) is 9.13 Å². The summed E-state index contributed by atoms with van der Waals surface area (Å²) in [7, 11) is -3.10. The third kappa shape index (κ3) is 2.48. The van der Waals surface area contributed by atoms with Gasteiger partial charge < -0.3 is 0 Å². The Kier molecular flexibility index (Phi) is 3.58. The van der Waals surface area contributed by atoms with Crippen LogP contribution in [0.15, 0.2) is 23.1 Å². The molecule has 0 aromatic heterocycles. The SMILES string of the molecule is CC(C)c1cccc(S(C)(=O)=O)c1I. The Morgan fingerprint density at radius 1 is 1.29 bits per heavy atom. The maximum Gasteiger partial charge on any atom is 0.176 e. The van der Waals surface area contributed by atoms with Crippen LogP contribution in [-0.4, -0.2) is 14.7 Å². The van der Waals surface area contributed by atoms with E-state index in [1.807, 2.05) is 6.07 Å². The first-order valence-corrected chi connectivity index (χ1v) is 7.29. The summed E-state index contributed by atoms with van der Waals surface area (Å²) in [6.45, 7) is 4.12. The number of hydrogen-bond acceptors (Lipinski definition) is 2. The predicted octanol–water partition coefficient (Wildman–Crippen LogP) is 2.82. The van der Waals surface area contributed by atoms with Crippen LogP contribution in [0.5, 0.6) is 0 Å². The topological polar surface area (TPSA) is 34.1 Å². The Labute approximate surface area is 98.8 Å². The second-order valence-corrected chi connectivity index (χ2v) is 6.65. The molecular weight excluding hydrogens is 311 g/mol. The minimum absolute atomic E-state index is 0.351. The van der Waals surface area contributed by atoms with Gasteiger partial charge in [-0.3, -0.25) is 0 Å². The van der Waals surface area contributed by atoms with Gasteiger partial charge in [0.1, 0.15) is 0 Å². The van der Waals surface area contributed by atoms with Crippen molar-refractivity contribution in [2.24, 2.45) is 0 Å². The van der Waals surface area contributed by atoms with E-state index < -0.39 is 9.84 Å². The molecule has 0 saturated heterocycles. The van der Waals surface area contributed by atoms with E-state index in [2.05, 4.69) is 36.4 Å². The summed E-state index contributed by atoms with van der Waals surface area (Å²) in [6, 6.07) is 5.43. The van der Waals surface area contributed by atoms with Crippen molar-refractivity contribution in [3.8, 4) is 0 Å². The predicted molar refractivity (Wildman–Crippen MR) is 66.4 cm³/mol. The average molecular weight is 324 g/mol. The molecule has 0 atom stereocenters. The number of halogens is 1. The Bertz CT molecular complexity index is 435. The Morgan fingerprint density at radius 3 is 2.29 bits per heavy atom. The van der Waals surface area contributed by atoms with Crippen LogP contribution >= 0.6 is 22.6 Å². The fourth-order valence-electron chi connectivity index (χ4n) is 1.26. The van der Waals surface area contributed by atoms with E-state index in [1.165, 1.54) is 6.26 Å². The summed E-state index contributed by atoms with van der Waals surface area (Å²) < 4.78 is 23.7. The van der Waals surface area contributed by atoms with Gasteiger partial charge in [-0.15, -0.1) is 0 Å². The Hall–Kier alpha value is -0.100. The van der Waals surface area contributed by atoms with E-state index in [-0.39, 0.29) is 0 Å². The number of hydrogen-bond donors (Lipinski definition) is 0. The van der Waals surface area contributed by atoms with Crippen molar-refractivity contribution in [2.75, 3.05) is 6.26 Å². The van der Waals surface area contributed by atoms with Gasteiger partial charge in [0.15, 0.2) is 9.84 Å². The molecule has 0 aliphatic heterocycles. The van der Waals surface area contributed by atoms with Crippen molar-refractivity contribution in [3.63, 3.8) is 0 Å². The van der Waals surface area contributed by atoms with E-state index in [1.54, 1.807) is 12.1 Å². The lowest BCUT2D eigenvalue weighted by atomic mass is 10.0. The Balaban J connectivity index is 3.43. The van der Waals surface area contributed by atoms with Gasteiger partial charge in [0.05, 0.1) is 4.90 Å². The molecule has 2 nitrogen and oxygen atoms in total. The number of sulfone groups is 1. The lowest BCUT2D eigenvalue weighted by molar-refractivity contribution is 0.601. The second-order valence-electron chi connectivity index (χ2n) is 3.59. The van der Waals surface area contributed by atoms with Crippen molar-refractivity contribution in [1.29, 1.82) is 0 Å². The molecule has 0 fully saturated rings. The largest absolute Gasteiger partial charge is 0.224 e. The van der Waals surface area contributed by atoms with E-state index in [4.69, 9.17) is 0 Å². The van der Waals surface area contributed by atoms with Gasteiger partial charge in [0.25, 0.3) is 0 Å². The molecule has 0 aliphatic carbocycles. The van der Waals surface area contributed by atoms with Crippen molar-refractivity contribution >= 4 is 32.4 Å². The molecule has 4 heteroatoms. The molecule has 0 N–H and O–H groups in total. The molecule has 0 spiro atoms. The van der Waals surface area contributed by atoms with Gasteiger partial charge in [-0.2, -0.15) is 0 Å². The van der Waals surface area contributed by atoms with Gasteiger partial charge in [0.2, 0.25) is 0 Å². The third-order valence-corrected chi connectivity index (χ3v) is 4.72. The first-order valence-electron chi connectivity index (χ1n) is 4.32. The van der Waals surface area contributed by atoms with Crippen LogP contribution in [0.25, 0.3) is 0 Å². The number of benzene rings is 1. The molecule has 0 saturated carbocycles. The van der Waals surface area contributed by atoms with Crippen LogP contribution in [0.2, 0.25) is 0 Å². The molecule has 0 aliphatic rings. The summed E-state index contributed by atoms with van der Waals surface area (Å²) in [6.07, 6.45) is 1.24. The minimum Gasteiger partial charge on any atom is -0.224 e. The van der Waals surface area contributed by atoms with Crippen LogP contribution in [-0.2, 0) is 9.84 Å². The normalized spacial score (nSPS) is 12.1. The summed E-state index contributed by atoms with van der Waals surface area (Å²) >= 11 is 2.10. The first kappa shape index (κ1) is 12.0. The molecule has 0 radical (unpaired) electrons. The molecule has 78 valence electrons. The van der Waals surface area contributed by atoms with E-state index >= 15 is 0 Å². The van der Waals surface area contributed by atoms with Gasteiger partial charge in [-0.05, 0) is 40.1 Å². The van der Waals surface area contributed by atoms with Crippen LogP contribution in [0.3, 0.4) is 0 Å². The summed E-state index contributed by atoms with van der Waals surface area (Å²) in [5.74, 6) is 0.351. The molecule has 0 heterocycles. The summed E-state index contributed by atoms with van der Waals surface area (Å²) in [4.78, 5) is 0.435. The zero-order chi connectivity index (χ0) is 10.9. The summed E-state index contributed by atoms with van der Waals surface area (Å²) in [5.41, 5.74) is 1.09. The number of rotatable bonds is 2. The fraction of sp³-hybridized carbons (Fsp3) is 0.400. The first-order chi connectivity index (χ1) is 6.34. The highest BCUT2D eigenvalue weighted by Gasteiger charge is 2.15. The molecular formula is C10H13IO2S. The minimum atomic E-state index is -3.10. The maximum atomic E-state index is 11.4. The lowest BCUT2D eigenvalue weighted by Gasteiger charge is -2.11. The van der Waals surface area contributed by atoms with Crippen molar-refractivity contribution < 1.29 is 8.42 Å². The molecule has 1 rings (SSSR count). The van der Waals surface area contributed by atoms with Crippen molar-refractivity contribution in [2.45, 2.75) is 24.7 Å². The highest BCUT2D eigenvalue weighted by molar-refractivity contribution is 14.1. The monoisotopic (exact) mass is 324 g/mol. The van der Waals surface area contributed by atoms with E-state index in [9.17, 15) is 8.42 Å². The molecule has 14 heavy (non-hydrogen) atoms. The van der Waals surface area contributed by atoms with Crippen LogP contribution in [0.1, 0.15) is 25.3 Å². The molecule has 1 aromatic rings. The van der Waals surface area contributed by atoms with Gasteiger partial charge in [-0.25, -0.2) is 8.42 Å². The molecule has 0 unspecified atom stereocenters. The molecule has 1 aromatic carbocycles. The van der Waals surface area contributed by atoms with Gasteiger partial charge in [0, 0.05) is 9.83 Å². The van der Waals surface area contributed by atoms with Crippen LogP contribution in [0.4, 0.5) is 0 Å². The summed E-state index contributed by atoms with van der Waals surface area (Å²) in [5, 5.41) is 0. The van der Waals surface area contributed by atoms with Crippen LogP contribution < -0.4 is 0 Å². The van der Waals surface area contributed by atoms with Gasteiger partial charge >= 0.3 is 0 Å². The standard InChI is InChI=1S/C10H13IO2S/c1-7(2)8-5-4-6-9(10(8)11)14(3,12)13/h4-7H,1-3H3. The van der Waals surface area contributed by atoms with Crippen molar-refractivity contribution in [1.82, 2.24) is 0 Å². The van der Waals surface area contributed by atoms with E-state index in [0.29, 0.717) is 10.8 Å². The maximum absolute atomic E-state index is 11.4. The molecule has 0 amide bonds. The zero-order valence-corrected chi connectivity index (χ0v) is 11.4. The second kappa shape index (κ2) is 4.18. The average Bonchev–Trinajstić information content (AvgIpc) is 2.01. The molecule has 0 bridgehead atoms. The smallest absolute Gasteiger partial charge is 0.176 e. The Morgan fingerprint density at radius 2 is 1.86 bits per heavy atom. The van der Waals surface area contributed by atoms with Crippen molar-refractivity contribution in [3.05, 3.63) is 27.3 Å². The highest BCUT2D eigenvalue weighted by atomic mass is 127. The van der Waals surface area contributed by atoms with Crippen LogP contribution in [0, 0.1) is 3.57 Å². The van der Waals surface area contributed by atoms with Gasteiger partial charge in [-0.1, -0.05) is 26.0 Å². The third-order valence-electron chi connectivity index (χ3n) is 2.01. The fourth-order valence-corrected chi connectivity index (χ4v) is 4.21. The lowest BCUT2D eigenvalue weighted by Crippen LogP contribution is -2.03.